The van der Waals surface area contributed by atoms with Gasteiger partial charge in [-0.15, -0.1) is 11.3 Å². The predicted octanol–water partition coefficient (Wildman–Crippen LogP) is 4.08. The number of carbonyl (C=O) groups excluding carboxylic acids is 1. The normalized spacial score (nSPS) is 10.5. The second-order valence-corrected chi connectivity index (χ2v) is 6.20. The summed E-state index contributed by atoms with van der Waals surface area (Å²) in [5.74, 6) is 0.776. The number of hydrogen-bond acceptors (Lipinski definition) is 6. The number of non-ortho nitro benzene ring substituents is 1. The highest BCUT2D eigenvalue weighted by molar-refractivity contribution is 7.20. The highest BCUT2D eigenvalue weighted by atomic mass is 32.1. The number of carbonyl (C=O) groups is 1. The summed E-state index contributed by atoms with van der Waals surface area (Å²) in [6.07, 6.45) is 0. The molecule has 0 aliphatic rings. The van der Waals surface area contributed by atoms with E-state index in [1.807, 2.05) is 0 Å². The van der Waals surface area contributed by atoms with Crippen LogP contribution < -0.4 is 14.8 Å². The number of methoxy groups -OCH3 is 2. The summed E-state index contributed by atoms with van der Waals surface area (Å²) < 4.78 is 11.2. The fourth-order valence-electron chi connectivity index (χ4n) is 2.36. The first-order chi connectivity index (χ1) is 12.0. The number of nitro groups is 1. The number of hydrogen-bond donors (Lipinski definition) is 1. The molecule has 0 spiro atoms. The molecule has 0 saturated carbocycles. The molecule has 1 aromatic heterocycles. The molecule has 3 rings (SSSR count). The Morgan fingerprint density at radius 1 is 1.08 bits per heavy atom. The van der Waals surface area contributed by atoms with Gasteiger partial charge in [-0.3, -0.25) is 14.9 Å². The van der Waals surface area contributed by atoms with Gasteiger partial charge in [0, 0.05) is 34.0 Å². The van der Waals surface area contributed by atoms with Crippen molar-refractivity contribution in [3.8, 4) is 11.5 Å². The number of anilines is 1. The maximum atomic E-state index is 12.4. The number of amides is 1. The van der Waals surface area contributed by atoms with Gasteiger partial charge in [-0.1, -0.05) is 0 Å². The summed E-state index contributed by atoms with van der Waals surface area (Å²) in [5, 5.41) is 14.3. The van der Waals surface area contributed by atoms with E-state index < -0.39 is 4.92 Å². The van der Waals surface area contributed by atoms with Crippen LogP contribution in [0.2, 0.25) is 0 Å². The quantitative estimate of drug-likeness (QED) is 0.548. The van der Waals surface area contributed by atoms with Crippen LogP contribution in [0.1, 0.15) is 9.67 Å². The van der Waals surface area contributed by atoms with E-state index in [0.29, 0.717) is 27.4 Å². The number of fused-ring (bicyclic) bond motifs is 1. The van der Waals surface area contributed by atoms with Crippen LogP contribution in [-0.2, 0) is 0 Å². The van der Waals surface area contributed by atoms with Crippen LogP contribution >= 0.6 is 11.3 Å². The summed E-state index contributed by atoms with van der Waals surface area (Å²) in [6.45, 7) is 0. The Balaban J connectivity index is 1.86. The second-order valence-electron chi connectivity index (χ2n) is 5.11. The van der Waals surface area contributed by atoms with Gasteiger partial charge in [-0.25, -0.2) is 0 Å². The number of benzene rings is 2. The molecule has 8 heteroatoms. The molecule has 0 aliphatic heterocycles. The average Bonchev–Trinajstić information content (AvgIpc) is 3.04. The Bertz CT molecular complexity index is 967. The fourth-order valence-corrected chi connectivity index (χ4v) is 3.30. The van der Waals surface area contributed by atoms with Crippen LogP contribution in [-0.4, -0.2) is 25.1 Å². The van der Waals surface area contributed by atoms with Crippen LogP contribution in [0.3, 0.4) is 0 Å². The van der Waals surface area contributed by atoms with E-state index in [4.69, 9.17) is 9.47 Å². The number of nitrogens with zero attached hydrogens (tertiary/aromatic N) is 1. The number of nitro benzene ring substituents is 1. The van der Waals surface area contributed by atoms with Gasteiger partial charge in [-0.2, -0.15) is 0 Å². The Morgan fingerprint density at radius 3 is 2.52 bits per heavy atom. The Labute approximate surface area is 146 Å². The summed E-state index contributed by atoms with van der Waals surface area (Å²) in [6, 6.07) is 11.2. The van der Waals surface area contributed by atoms with Crippen molar-refractivity contribution in [1.29, 1.82) is 0 Å². The molecule has 0 bridgehead atoms. The van der Waals surface area contributed by atoms with Crippen LogP contribution in [0.4, 0.5) is 11.4 Å². The second kappa shape index (κ2) is 6.78. The van der Waals surface area contributed by atoms with Crippen LogP contribution in [0.25, 0.3) is 10.1 Å². The van der Waals surface area contributed by atoms with Crippen LogP contribution in [0.15, 0.2) is 42.5 Å². The molecule has 0 unspecified atom stereocenters. The largest absolute Gasteiger partial charge is 0.493 e. The molecule has 1 amide bonds. The van der Waals surface area contributed by atoms with Gasteiger partial charge in [0.2, 0.25) is 0 Å². The van der Waals surface area contributed by atoms with E-state index in [-0.39, 0.29) is 11.6 Å². The van der Waals surface area contributed by atoms with Crippen molar-refractivity contribution in [2.75, 3.05) is 19.5 Å². The lowest BCUT2D eigenvalue weighted by atomic mass is 10.2. The van der Waals surface area contributed by atoms with Crippen LogP contribution in [0, 0.1) is 10.1 Å². The Morgan fingerprint density at radius 2 is 1.84 bits per heavy atom. The van der Waals surface area contributed by atoms with E-state index in [2.05, 4.69) is 5.32 Å². The number of thiophene rings is 1. The zero-order chi connectivity index (χ0) is 18.0. The van der Waals surface area contributed by atoms with Crippen molar-refractivity contribution < 1.29 is 19.2 Å². The first-order valence-electron chi connectivity index (χ1n) is 7.23. The third-order valence-corrected chi connectivity index (χ3v) is 4.69. The van der Waals surface area contributed by atoms with Gasteiger partial charge < -0.3 is 14.8 Å². The van der Waals surface area contributed by atoms with Crippen molar-refractivity contribution in [3.63, 3.8) is 0 Å². The zero-order valence-corrected chi connectivity index (χ0v) is 14.3. The van der Waals surface area contributed by atoms with Gasteiger partial charge in [0.15, 0.2) is 11.5 Å². The fraction of sp³-hybridized carbons (Fsp3) is 0.118. The average molecular weight is 358 g/mol. The molecule has 3 aromatic rings. The molecule has 25 heavy (non-hydrogen) atoms. The minimum absolute atomic E-state index is 0.00264. The third-order valence-electron chi connectivity index (χ3n) is 3.58. The smallest absolute Gasteiger partial charge is 0.270 e. The van der Waals surface area contributed by atoms with Gasteiger partial charge in [0.05, 0.1) is 24.0 Å². The van der Waals surface area contributed by atoms with E-state index in [1.54, 1.807) is 30.3 Å². The summed E-state index contributed by atoms with van der Waals surface area (Å²) in [5.41, 5.74) is 0.559. The van der Waals surface area contributed by atoms with Crippen molar-refractivity contribution in [2.45, 2.75) is 0 Å². The molecule has 1 N–H and O–H groups in total. The molecule has 0 fully saturated rings. The lowest BCUT2D eigenvalue weighted by Crippen LogP contribution is -2.10. The van der Waals surface area contributed by atoms with E-state index in [9.17, 15) is 14.9 Å². The SMILES string of the molecule is COc1ccc(NC(=O)c2cc3cc([N+](=O)[O-])ccc3s2)cc1OC. The topological polar surface area (TPSA) is 90.7 Å². The molecule has 0 saturated heterocycles. The van der Waals surface area contributed by atoms with Crippen LogP contribution in [0.5, 0.6) is 11.5 Å². The standard InChI is InChI=1S/C17H14N2O5S/c1-23-13-5-3-11(9-14(13)24-2)18-17(20)16-8-10-7-12(19(21)22)4-6-15(10)25-16/h3-9H,1-2H3,(H,18,20). The van der Waals surface area contributed by atoms with E-state index >= 15 is 0 Å². The number of ether oxygens (including phenoxy) is 2. The Hall–Kier alpha value is -3.13. The minimum atomic E-state index is -0.458. The first kappa shape index (κ1) is 16.7. The van der Waals surface area contributed by atoms with E-state index in [0.717, 1.165) is 4.70 Å². The summed E-state index contributed by atoms with van der Waals surface area (Å²) in [4.78, 5) is 23.3. The minimum Gasteiger partial charge on any atom is -0.493 e. The molecule has 0 aliphatic carbocycles. The van der Waals surface area contributed by atoms with Crippen molar-refractivity contribution in [3.05, 3.63) is 57.5 Å². The molecule has 2 aromatic carbocycles. The number of rotatable bonds is 5. The third kappa shape index (κ3) is 3.38. The lowest BCUT2D eigenvalue weighted by molar-refractivity contribution is -0.384. The highest BCUT2D eigenvalue weighted by Gasteiger charge is 2.14. The lowest BCUT2D eigenvalue weighted by Gasteiger charge is -2.10. The van der Waals surface area contributed by atoms with Crippen molar-refractivity contribution >= 4 is 38.7 Å². The van der Waals surface area contributed by atoms with Crippen molar-refractivity contribution in [1.82, 2.24) is 0 Å². The molecule has 7 nitrogen and oxygen atoms in total. The molecular formula is C17H14N2O5S. The zero-order valence-electron chi connectivity index (χ0n) is 13.4. The van der Waals surface area contributed by atoms with E-state index in [1.165, 1.54) is 37.7 Å². The van der Waals surface area contributed by atoms with Crippen molar-refractivity contribution in [2.24, 2.45) is 0 Å². The van der Waals surface area contributed by atoms with Gasteiger partial charge in [-0.05, 0) is 24.3 Å². The van der Waals surface area contributed by atoms with Gasteiger partial charge in [0.25, 0.3) is 11.6 Å². The maximum Gasteiger partial charge on any atom is 0.270 e. The summed E-state index contributed by atoms with van der Waals surface area (Å²) in [7, 11) is 3.05. The monoisotopic (exact) mass is 358 g/mol. The molecular weight excluding hydrogens is 344 g/mol. The molecule has 128 valence electrons. The number of nitrogens with one attached hydrogen (secondary N) is 1. The van der Waals surface area contributed by atoms with Gasteiger partial charge in [0.1, 0.15) is 0 Å². The Kier molecular flexibility index (Phi) is 4.53. The first-order valence-corrected chi connectivity index (χ1v) is 8.05. The molecule has 1 heterocycles. The summed E-state index contributed by atoms with van der Waals surface area (Å²) >= 11 is 1.27. The molecule has 0 radical (unpaired) electrons. The molecule has 0 atom stereocenters. The van der Waals surface area contributed by atoms with Gasteiger partial charge >= 0.3 is 0 Å². The highest BCUT2D eigenvalue weighted by Crippen LogP contribution is 2.32. The maximum absolute atomic E-state index is 12.4. The predicted molar refractivity (Wildman–Crippen MR) is 96.0 cm³/mol.